The maximum absolute atomic E-state index is 13.1. The zero-order valence-electron chi connectivity index (χ0n) is 17.2. The molecule has 4 aromatic rings. The number of benzene rings is 2. The number of fused-ring (bicyclic) bond motifs is 1. The van der Waals surface area contributed by atoms with Gasteiger partial charge in [-0.15, -0.1) is 0 Å². The van der Waals surface area contributed by atoms with Gasteiger partial charge in [-0.05, 0) is 37.0 Å². The lowest BCUT2D eigenvalue weighted by Gasteiger charge is -2.09. The Labute approximate surface area is 180 Å². The number of carbonyl (C=O) groups is 1. The molecule has 0 saturated carbocycles. The van der Waals surface area contributed by atoms with Gasteiger partial charge in [-0.1, -0.05) is 48.9 Å². The molecule has 0 spiro atoms. The Bertz CT molecular complexity index is 1160. The molecule has 1 aliphatic heterocycles. The Morgan fingerprint density at radius 2 is 1.84 bits per heavy atom. The van der Waals surface area contributed by atoms with E-state index in [1.807, 2.05) is 42.5 Å². The predicted molar refractivity (Wildman–Crippen MR) is 118 cm³/mol. The second kappa shape index (κ2) is 8.55. The molecule has 7 nitrogen and oxygen atoms in total. The Morgan fingerprint density at radius 3 is 2.61 bits per heavy atom. The normalized spacial score (nSPS) is 13.4. The third kappa shape index (κ3) is 3.99. The van der Waals surface area contributed by atoms with Crippen LogP contribution in [0, 0.1) is 0 Å². The van der Waals surface area contributed by atoms with E-state index in [9.17, 15) is 4.79 Å². The molecule has 0 saturated heterocycles. The highest BCUT2D eigenvalue weighted by Crippen LogP contribution is 2.27. The van der Waals surface area contributed by atoms with Crippen molar-refractivity contribution < 1.29 is 4.79 Å². The average molecular weight is 412 g/mol. The summed E-state index contributed by atoms with van der Waals surface area (Å²) in [5.41, 5.74) is 4.61. The molecule has 0 bridgehead atoms. The number of rotatable bonds is 5. The number of carbonyl (C=O) groups excluding carboxylic acids is 1. The van der Waals surface area contributed by atoms with Crippen molar-refractivity contribution in [3.05, 3.63) is 84.2 Å². The van der Waals surface area contributed by atoms with E-state index in [0.29, 0.717) is 12.2 Å². The second-order valence-electron chi connectivity index (χ2n) is 7.75. The molecular formula is C24H24N6O. The number of nitrogens with one attached hydrogen (secondary N) is 1. The standard InChI is InChI=1S/C24H24N6O/c31-24(26-15-18-10-12-20(13-11-18)30-17-25-16-27-30)22-21-9-5-2-6-14-29(21)23(28-22)19-7-3-1-4-8-19/h1,3-4,7-8,10-13,16-17H,2,5-6,9,14-15H2,(H,26,31). The zero-order valence-corrected chi connectivity index (χ0v) is 17.2. The lowest BCUT2D eigenvalue weighted by Crippen LogP contribution is -2.24. The topological polar surface area (TPSA) is 77.6 Å². The van der Waals surface area contributed by atoms with Gasteiger partial charge < -0.3 is 9.88 Å². The van der Waals surface area contributed by atoms with Crippen molar-refractivity contribution in [2.24, 2.45) is 0 Å². The van der Waals surface area contributed by atoms with E-state index in [-0.39, 0.29) is 5.91 Å². The van der Waals surface area contributed by atoms with Gasteiger partial charge in [0.2, 0.25) is 0 Å². The minimum atomic E-state index is -0.117. The average Bonchev–Trinajstić information content (AvgIpc) is 3.41. The summed E-state index contributed by atoms with van der Waals surface area (Å²) in [6.07, 6.45) is 7.42. The van der Waals surface area contributed by atoms with Crippen LogP contribution in [0.5, 0.6) is 0 Å². The lowest BCUT2D eigenvalue weighted by molar-refractivity contribution is 0.0945. The van der Waals surface area contributed by atoms with Crippen molar-refractivity contribution in [1.29, 1.82) is 0 Å². The third-order valence-electron chi connectivity index (χ3n) is 5.69. The van der Waals surface area contributed by atoms with Gasteiger partial charge in [0.15, 0.2) is 0 Å². The van der Waals surface area contributed by atoms with E-state index < -0.39 is 0 Å². The zero-order chi connectivity index (χ0) is 21.0. The van der Waals surface area contributed by atoms with Gasteiger partial charge in [-0.3, -0.25) is 4.79 Å². The van der Waals surface area contributed by atoms with Crippen molar-refractivity contribution in [2.45, 2.75) is 38.8 Å². The first-order chi connectivity index (χ1) is 15.3. The van der Waals surface area contributed by atoms with Crippen LogP contribution in [-0.4, -0.2) is 30.2 Å². The van der Waals surface area contributed by atoms with Gasteiger partial charge >= 0.3 is 0 Å². The molecule has 3 heterocycles. The summed E-state index contributed by atoms with van der Waals surface area (Å²) >= 11 is 0. The van der Waals surface area contributed by atoms with Crippen LogP contribution in [0.4, 0.5) is 0 Å². The molecule has 156 valence electrons. The van der Waals surface area contributed by atoms with E-state index in [1.54, 1.807) is 11.0 Å². The van der Waals surface area contributed by atoms with Crippen LogP contribution in [0.1, 0.15) is 41.0 Å². The molecule has 1 N–H and O–H groups in total. The smallest absolute Gasteiger partial charge is 0.272 e. The third-order valence-corrected chi connectivity index (χ3v) is 5.69. The van der Waals surface area contributed by atoms with Crippen LogP contribution in [-0.2, 0) is 19.5 Å². The highest BCUT2D eigenvalue weighted by molar-refractivity contribution is 5.94. The summed E-state index contributed by atoms with van der Waals surface area (Å²) in [4.78, 5) is 21.9. The van der Waals surface area contributed by atoms with Crippen LogP contribution in [0.2, 0.25) is 0 Å². The Morgan fingerprint density at radius 1 is 1.00 bits per heavy atom. The maximum Gasteiger partial charge on any atom is 0.272 e. The monoisotopic (exact) mass is 412 g/mol. The van der Waals surface area contributed by atoms with Crippen molar-refractivity contribution in [1.82, 2.24) is 29.6 Å². The first-order valence-electron chi connectivity index (χ1n) is 10.7. The van der Waals surface area contributed by atoms with Gasteiger partial charge in [-0.2, -0.15) is 5.10 Å². The SMILES string of the molecule is O=C(NCc1ccc(-n2cncn2)cc1)c1nc(-c2ccccc2)n2c1CCCCC2. The van der Waals surface area contributed by atoms with Crippen LogP contribution < -0.4 is 5.32 Å². The number of hydrogen-bond acceptors (Lipinski definition) is 4. The predicted octanol–water partition coefficient (Wildman–Crippen LogP) is 3.79. The number of hydrogen-bond donors (Lipinski definition) is 1. The molecule has 0 fully saturated rings. The van der Waals surface area contributed by atoms with E-state index >= 15 is 0 Å². The molecular weight excluding hydrogens is 388 g/mol. The van der Waals surface area contributed by atoms with Gasteiger partial charge in [-0.25, -0.2) is 14.6 Å². The number of aromatic nitrogens is 5. The molecule has 0 unspecified atom stereocenters. The van der Waals surface area contributed by atoms with Crippen molar-refractivity contribution in [3.8, 4) is 17.1 Å². The Balaban J connectivity index is 1.36. The number of imidazole rings is 1. The minimum Gasteiger partial charge on any atom is -0.347 e. The largest absolute Gasteiger partial charge is 0.347 e. The van der Waals surface area contributed by atoms with Crippen LogP contribution in [0.15, 0.2) is 67.3 Å². The number of amides is 1. The van der Waals surface area contributed by atoms with E-state index in [0.717, 1.165) is 54.1 Å². The molecule has 7 heteroatoms. The van der Waals surface area contributed by atoms with Gasteiger partial charge in [0.25, 0.3) is 5.91 Å². The summed E-state index contributed by atoms with van der Waals surface area (Å²) < 4.78 is 3.94. The first-order valence-corrected chi connectivity index (χ1v) is 10.7. The van der Waals surface area contributed by atoms with Crippen LogP contribution >= 0.6 is 0 Å². The molecule has 31 heavy (non-hydrogen) atoms. The van der Waals surface area contributed by atoms with Crippen LogP contribution in [0.25, 0.3) is 17.1 Å². The van der Waals surface area contributed by atoms with Crippen molar-refractivity contribution in [2.75, 3.05) is 0 Å². The summed E-state index contributed by atoms with van der Waals surface area (Å²) in [5, 5.41) is 7.19. The van der Waals surface area contributed by atoms with E-state index in [2.05, 4.69) is 32.1 Å². The van der Waals surface area contributed by atoms with Crippen molar-refractivity contribution >= 4 is 5.91 Å². The highest BCUT2D eigenvalue weighted by Gasteiger charge is 2.24. The van der Waals surface area contributed by atoms with Gasteiger partial charge in [0.1, 0.15) is 24.2 Å². The molecule has 1 aliphatic rings. The van der Waals surface area contributed by atoms with Crippen molar-refractivity contribution in [3.63, 3.8) is 0 Å². The Hall–Kier alpha value is -3.74. The fraction of sp³-hybridized carbons (Fsp3) is 0.250. The van der Waals surface area contributed by atoms with E-state index in [1.165, 1.54) is 12.7 Å². The summed E-state index contributed by atoms with van der Waals surface area (Å²) in [7, 11) is 0. The van der Waals surface area contributed by atoms with Crippen LogP contribution in [0.3, 0.4) is 0 Å². The molecule has 0 radical (unpaired) electrons. The van der Waals surface area contributed by atoms with Gasteiger partial charge in [0, 0.05) is 18.7 Å². The van der Waals surface area contributed by atoms with E-state index in [4.69, 9.17) is 4.98 Å². The van der Waals surface area contributed by atoms with Gasteiger partial charge in [0.05, 0.1) is 11.4 Å². The Kier molecular flexibility index (Phi) is 5.31. The summed E-state index contributed by atoms with van der Waals surface area (Å²) in [6, 6.07) is 18.0. The quantitative estimate of drug-likeness (QED) is 0.541. The first kappa shape index (κ1) is 19.2. The fourth-order valence-electron chi connectivity index (χ4n) is 4.08. The highest BCUT2D eigenvalue weighted by atomic mass is 16.1. The fourth-order valence-corrected chi connectivity index (χ4v) is 4.08. The molecule has 5 rings (SSSR count). The molecule has 0 atom stereocenters. The molecule has 2 aromatic heterocycles. The summed E-state index contributed by atoms with van der Waals surface area (Å²) in [6.45, 7) is 1.35. The number of nitrogens with zero attached hydrogens (tertiary/aromatic N) is 5. The molecule has 1 amide bonds. The molecule has 0 aliphatic carbocycles. The molecule has 2 aromatic carbocycles. The minimum absolute atomic E-state index is 0.117. The lowest BCUT2D eigenvalue weighted by atomic mass is 10.1. The maximum atomic E-state index is 13.1. The summed E-state index contributed by atoms with van der Waals surface area (Å²) in [5.74, 6) is 0.771. The second-order valence-corrected chi connectivity index (χ2v) is 7.75.